The predicted octanol–water partition coefficient (Wildman–Crippen LogP) is 4.82. The Morgan fingerprint density at radius 2 is 2.02 bits per heavy atom. The predicted molar refractivity (Wildman–Crippen MR) is 157 cm³/mol. The van der Waals surface area contributed by atoms with E-state index in [1.54, 1.807) is 11.0 Å². The van der Waals surface area contributed by atoms with E-state index in [4.69, 9.17) is 16.6 Å². The molecule has 0 unspecified atom stereocenters. The van der Waals surface area contributed by atoms with E-state index in [-0.39, 0.29) is 35.0 Å². The van der Waals surface area contributed by atoms with Crippen LogP contribution < -0.4 is 4.90 Å². The molecule has 0 bridgehead atoms. The molecule has 41 heavy (non-hydrogen) atoms. The van der Waals surface area contributed by atoms with Crippen molar-refractivity contribution < 1.29 is 9.18 Å². The first-order valence-electron chi connectivity index (χ1n) is 13.7. The minimum absolute atomic E-state index is 0.160. The van der Waals surface area contributed by atoms with Gasteiger partial charge in [0, 0.05) is 42.7 Å². The van der Waals surface area contributed by atoms with Crippen molar-refractivity contribution in [3.63, 3.8) is 0 Å². The van der Waals surface area contributed by atoms with Crippen molar-refractivity contribution in [2.24, 2.45) is 0 Å². The standard InChI is InChI=1S/C30H30ClFN8O/c1-4-24(41)39-13-11-20(14-19(39)10-12-33)40-29-22-15-23(31)25(18-8-6-5-7-9-18)26(32)27(22)34-30(28(29)35-36-40)38-16-21(17-38)37(2)3/h4-9,15,19-21H,1,10-11,13-14,16-17H2,2-3H3/t19-,20+/m1/s1. The van der Waals surface area contributed by atoms with Gasteiger partial charge in [0.25, 0.3) is 0 Å². The molecule has 11 heteroatoms. The summed E-state index contributed by atoms with van der Waals surface area (Å²) in [6, 6.07) is 13.1. The van der Waals surface area contributed by atoms with E-state index >= 15 is 4.39 Å². The Labute approximate surface area is 242 Å². The Morgan fingerprint density at radius 3 is 2.71 bits per heavy atom. The molecule has 2 atom stereocenters. The maximum absolute atomic E-state index is 16.4. The lowest BCUT2D eigenvalue weighted by Gasteiger charge is -2.43. The van der Waals surface area contributed by atoms with Crippen molar-refractivity contribution in [3.05, 3.63) is 59.9 Å². The molecule has 6 rings (SSSR count). The zero-order chi connectivity index (χ0) is 28.8. The van der Waals surface area contributed by atoms with Crippen LogP contribution in [-0.4, -0.2) is 81.5 Å². The molecule has 2 aromatic carbocycles. The summed E-state index contributed by atoms with van der Waals surface area (Å²) in [5.41, 5.74) is 2.42. The third kappa shape index (κ3) is 4.59. The van der Waals surface area contributed by atoms with Crippen molar-refractivity contribution in [2.45, 2.75) is 37.4 Å². The van der Waals surface area contributed by atoms with Gasteiger partial charge in [0.2, 0.25) is 5.91 Å². The number of hydrogen-bond acceptors (Lipinski definition) is 7. The minimum atomic E-state index is -0.493. The van der Waals surface area contributed by atoms with Crippen LogP contribution in [0.4, 0.5) is 10.2 Å². The van der Waals surface area contributed by atoms with E-state index in [0.29, 0.717) is 58.8 Å². The molecule has 2 saturated heterocycles. The highest BCUT2D eigenvalue weighted by Crippen LogP contribution is 2.42. The fourth-order valence-corrected chi connectivity index (χ4v) is 6.31. The van der Waals surface area contributed by atoms with Crippen molar-refractivity contribution in [1.82, 2.24) is 29.8 Å². The van der Waals surface area contributed by atoms with Gasteiger partial charge in [-0.25, -0.2) is 14.1 Å². The highest BCUT2D eigenvalue weighted by molar-refractivity contribution is 6.34. The Bertz CT molecular complexity index is 1690. The van der Waals surface area contributed by atoms with E-state index in [1.807, 2.05) is 49.1 Å². The molecule has 2 fully saturated rings. The lowest BCUT2D eigenvalue weighted by Crippen LogP contribution is -2.57. The molecular weight excluding hydrogens is 543 g/mol. The van der Waals surface area contributed by atoms with Crippen LogP contribution >= 0.6 is 11.6 Å². The number of amides is 1. The number of benzene rings is 2. The maximum Gasteiger partial charge on any atom is 0.246 e. The fourth-order valence-electron chi connectivity index (χ4n) is 6.01. The summed E-state index contributed by atoms with van der Waals surface area (Å²) in [6.07, 6.45) is 2.58. The normalized spacial score (nSPS) is 19.5. The minimum Gasteiger partial charge on any atom is -0.351 e. The van der Waals surface area contributed by atoms with Crippen LogP contribution in [0.1, 0.15) is 25.3 Å². The number of hydrogen-bond donors (Lipinski definition) is 0. The summed E-state index contributed by atoms with van der Waals surface area (Å²) in [5, 5.41) is 19.4. The molecule has 0 spiro atoms. The first-order chi connectivity index (χ1) is 19.8. The van der Waals surface area contributed by atoms with Gasteiger partial charge < -0.3 is 14.7 Å². The third-order valence-electron chi connectivity index (χ3n) is 8.34. The van der Waals surface area contributed by atoms with Gasteiger partial charge in [0.05, 0.1) is 23.6 Å². The van der Waals surface area contributed by atoms with Gasteiger partial charge >= 0.3 is 0 Å². The molecule has 2 aromatic heterocycles. The zero-order valence-corrected chi connectivity index (χ0v) is 23.7. The molecule has 1 amide bonds. The van der Waals surface area contributed by atoms with E-state index in [0.717, 1.165) is 13.1 Å². The number of likely N-dealkylation sites (N-methyl/N-ethyl adjacent to an activating group) is 1. The van der Waals surface area contributed by atoms with E-state index in [1.165, 1.54) is 6.08 Å². The Morgan fingerprint density at radius 1 is 1.27 bits per heavy atom. The molecule has 2 aliphatic rings. The zero-order valence-electron chi connectivity index (χ0n) is 23.0. The van der Waals surface area contributed by atoms with E-state index < -0.39 is 5.82 Å². The number of pyridine rings is 1. The Hall–Kier alpha value is -4.07. The average Bonchev–Trinajstić information content (AvgIpc) is 3.39. The van der Waals surface area contributed by atoms with Crippen LogP contribution in [0.2, 0.25) is 5.02 Å². The second-order valence-corrected chi connectivity index (χ2v) is 11.3. The quantitative estimate of drug-likeness (QED) is 0.306. The largest absolute Gasteiger partial charge is 0.351 e. The second kappa shape index (κ2) is 10.7. The van der Waals surface area contributed by atoms with Gasteiger partial charge in [-0.15, -0.1) is 5.10 Å². The second-order valence-electron chi connectivity index (χ2n) is 10.9. The van der Waals surface area contributed by atoms with Gasteiger partial charge in [0.15, 0.2) is 17.2 Å². The van der Waals surface area contributed by atoms with Gasteiger partial charge in [-0.3, -0.25) is 4.79 Å². The molecule has 4 aromatic rings. The summed E-state index contributed by atoms with van der Waals surface area (Å²) in [5.74, 6) is -0.0995. The number of nitriles is 1. The lowest BCUT2D eigenvalue weighted by atomic mass is 9.94. The Balaban J connectivity index is 1.53. The van der Waals surface area contributed by atoms with Gasteiger partial charge in [0.1, 0.15) is 11.0 Å². The van der Waals surface area contributed by atoms with Crippen LogP contribution in [0, 0.1) is 17.1 Å². The number of aromatic nitrogens is 4. The number of fused-ring (bicyclic) bond motifs is 3. The first-order valence-corrected chi connectivity index (χ1v) is 14.0. The number of halogens is 2. The number of carbonyl (C=O) groups is 1. The summed E-state index contributed by atoms with van der Waals surface area (Å²) in [6.45, 7) is 5.53. The Kier molecular flexibility index (Phi) is 7.09. The van der Waals surface area contributed by atoms with Crippen molar-refractivity contribution >= 4 is 45.3 Å². The third-order valence-corrected chi connectivity index (χ3v) is 8.64. The maximum atomic E-state index is 16.4. The lowest BCUT2D eigenvalue weighted by molar-refractivity contribution is -0.130. The van der Waals surface area contributed by atoms with Crippen LogP contribution in [0.5, 0.6) is 0 Å². The van der Waals surface area contributed by atoms with Crippen LogP contribution in [0.3, 0.4) is 0 Å². The summed E-state index contributed by atoms with van der Waals surface area (Å²) < 4.78 is 18.2. The van der Waals surface area contributed by atoms with Crippen molar-refractivity contribution in [2.75, 3.05) is 38.6 Å². The van der Waals surface area contributed by atoms with Crippen molar-refractivity contribution in [3.8, 4) is 17.2 Å². The van der Waals surface area contributed by atoms with Crippen LogP contribution in [0.25, 0.3) is 33.1 Å². The van der Waals surface area contributed by atoms with Crippen LogP contribution in [-0.2, 0) is 4.79 Å². The number of carbonyl (C=O) groups excluding carboxylic acids is 1. The van der Waals surface area contributed by atoms with E-state index in [9.17, 15) is 10.1 Å². The fraction of sp³-hybridized carbons (Fsp3) is 0.367. The highest BCUT2D eigenvalue weighted by Gasteiger charge is 2.36. The molecular formula is C30H30ClFN8O. The molecule has 0 saturated carbocycles. The van der Waals surface area contributed by atoms with Gasteiger partial charge in [-0.2, -0.15) is 5.26 Å². The number of likely N-dealkylation sites (tertiary alicyclic amines) is 1. The molecule has 0 N–H and O–H groups in total. The summed E-state index contributed by atoms with van der Waals surface area (Å²) in [7, 11) is 4.08. The molecule has 0 radical (unpaired) electrons. The van der Waals surface area contributed by atoms with Crippen LogP contribution in [0.15, 0.2) is 49.1 Å². The summed E-state index contributed by atoms with van der Waals surface area (Å²) in [4.78, 5) is 23.3. The molecule has 9 nitrogen and oxygen atoms in total. The van der Waals surface area contributed by atoms with Gasteiger partial charge in [-0.05, 0) is 44.6 Å². The molecule has 2 aliphatic heterocycles. The molecule has 4 heterocycles. The monoisotopic (exact) mass is 572 g/mol. The average molecular weight is 573 g/mol. The number of piperidine rings is 1. The van der Waals surface area contributed by atoms with Crippen molar-refractivity contribution in [1.29, 1.82) is 5.26 Å². The van der Waals surface area contributed by atoms with Gasteiger partial charge in [-0.1, -0.05) is 53.7 Å². The summed E-state index contributed by atoms with van der Waals surface area (Å²) >= 11 is 6.75. The first kappa shape index (κ1) is 27.1. The SMILES string of the molecule is C=CC(=O)N1CC[C@H](n2nnc3c(N4CC(N(C)C)C4)nc4c(F)c(-c5ccccc5)c(Cl)cc4c32)C[C@H]1CC#N. The smallest absolute Gasteiger partial charge is 0.246 e. The number of anilines is 1. The number of nitrogens with zero attached hydrogens (tertiary/aromatic N) is 8. The van der Waals surface area contributed by atoms with E-state index in [2.05, 4.69) is 32.8 Å². The number of rotatable bonds is 6. The molecule has 0 aliphatic carbocycles. The topological polar surface area (TPSA) is 94.2 Å². The highest BCUT2D eigenvalue weighted by atomic mass is 35.5. The molecule has 210 valence electrons.